The summed E-state index contributed by atoms with van der Waals surface area (Å²) in [6, 6.07) is 10.3. The second kappa shape index (κ2) is 7.87. The Morgan fingerprint density at radius 2 is 1.80 bits per heavy atom. The summed E-state index contributed by atoms with van der Waals surface area (Å²) in [6.07, 6.45) is 4.42. The summed E-state index contributed by atoms with van der Waals surface area (Å²) < 4.78 is 0. The zero-order valence-electron chi connectivity index (χ0n) is 14.6. The molecule has 2 aliphatic heterocycles. The molecule has 0 bridgehead atoms. The van der Waals surface area contributed by atoms with Gasteiger partial charge in [0.25, 0.3) is 0 Å². The first-order chi connectivity index (χ1) is 12.1. The lowest BCUT2D eigenvalue weighted by Crippen LogP contribution is -2.55. The van der Waals surface area contributed by atoms with Crippen LogP contribution >= 0.6 is 0 Å². The smallest absolute Gasteiger partial charge is 0.323 e. The number of amides is 2. The van der Waals surface area contributed by atoms with Gasteiger partial charge in [-0.15, -0.1) is 0 Å². The lowest BCUT2D eigenvalue weighted by atomic mass is 9.73. The van der Waals surface area contributed by atoms with Crippen LogP contribution in [0.25, 0.3) is 0 Å². The van der Waals surface area contributed by atoms with Crippen molar-refractivity contribution in [3.63, 3.8) is 0 Å². The second-order valence-electron chi connectivity index (χ2n) is 7.38. The Morgan fingerprint density at radius 3 is 2.52 bits per heavy atom. The Kier molecular flexibility index (Phi) is 5.58. The molecule has 2 N–H and O–H groups in total. The van der Waals surface area contributed by atoms with E-state index in [1.54, 1.807) is 4.90 Å². The number of aliphatic carboxylic acids is 1. The number of urea groups is 1. The van der Waals surface area contributed by atoms with Crippen molar-refractivity contribution < 1.29 is 14.7 Å². The number of nitrogens with one attached hydrogen (secondary N) is 1. The molecule has 2 saturated heterocycles. The highest BCUT2D eigenvalue weighted by molar-refractivity contribution is 5.80. The minimum atomic E-state index is -1.01. The number of piperidine rings is 2. The molecule has 1 unspecified atom stereocenters. The topological polar surface area (TPSA) is 72.9 Å². The molecular formula is C19H27N3O3. The van der Waals surface area contributed by atoms with Gasteiger partial charge in [0.1, 0.15) is 6.54 Å². The summed E-state index contributed by atoms with van der Waals surface area (Å²) in [5.74, 6) is -1.01. The molecule has 1 aromatic carbocycles. The molecule has 0 radical (unpaired) electrons. The lowest BCUT2D eigenvalue weighted by Gasteiger charge is -2.48. The average Bonchev–Trinajstić information content (AvgIpc) is 2.60. The van der Waals surface area contributed by atoms with Gasteiger partial charge >= 0.3 is 12.0 Å². The van der Waals surface area contributed by atoms with Crippen LogP contribution in [0.3, 0.4) is 0 Å². The number of hydrogen-bond donors (Lipinski definition) is 2. The molecule has 0 aromatic heterocycles. The average molecular weight is 345 g/mol. The lowest BCUT2D eigenvalue weighted by molar-refractivity contribution is -0.135. The van der Waals surface area contributed by atoms with Crippen molar-refractivity contribution in [2.75, 3.05) is 32.7 Å². The maximum atomic E-state index is 12.2. The normalized spacial score (nSPS) is 24.2. The molecule has 0 aliphatic carbocycles. The maximum Gasteiger partial charge on any atom is 0.323 e. The number of likely N-dealkylation sites (tertiary alicyclic amines) is 2. The van der Waals surface area contributed by atoms with Crippen LogP contribution in [0.2, 0.25) is 0 Å². The molecule has 1 atom stereocenters. The molecule has 25 heavy (non-hydrogen) atoms. The molecule has 2 aliphatic rings. The van der Waals surface area contributed by atoms with Crippen molar-refractivity contribution in [1.29, 1.82) is 0 Å². The SMILES string of the molecule is O=C(O)CNC(=O)N1CCCC2(CCCN(Cc3ccccc3)C2)C1. The van der Waals surface area contributed by atoms with E-state index in [1.165, 1.54) is 5.56 Å². The van der Waals surface area contributed by atoms with Gasteiger partial charge in [-0.2, -0.15) is 0 Å². The minimum absolute atomic E-state index is 0.145. The summed E-state index contributed by atoms with van der Waals surface area (Å²) in [5, 5.41) is 11.2. The van der Waals surface area contributed by atoms with Crippen LogP contribution in [-0.4, -0.2) is 59.6 Å². The molecule has 3 rings (SSSR count). The minimum Gasteiger partial charge on any atom is -0.480 e. The number of carbonyl (C=O) groups excluding carboxylic acids is 1. The summed E-state index contributed by atoms with van der Waals surface area (Å²) in [4.78, 5) is 27.2. The third-order valence-electron chi connectivity index (χ3n) is 5.33. The van der Waals surface area contributed by atoms with E-state index in [0.29, 0.717) is 6.54 Å². The van der Waals surface area contributed by atoms with E-state index in [4.69, 9.17) is 5.11 Å². The van der Waals surface area contributed by atoms with Gasteiger partial charge in [-0.3, -0.25) is 9.69 Å². The third-order valence-corrected chi connectivity index (χ3v) is 5.33. The van der Waals surface area contributed by atoms with Gasteiger partial charge in [0.2, 0.25) is 0 Å². The zero-order valence-corrected chi connectivity index (χ0v) is 14.6. The highest BCUT2D eigenvalue weighted by atomic mass is 16.4. The van der Waals surface area contributed by atoms with Gasteiger partial charge in [-0.25, -0.2) is 4.79 Å². The van der Waals surface area contributed by atoms with Crippen molar-refractivity contribution in [3.05, 3.63) is 35.9 Å². The predicted octanol–water partition coefficient (Wildman–Crippen LogP) is 2.16. The molecule has 2 amide bonds. The van der Waals surface area contributed by atoms with Crippen molar-refractivity contribution >= 4 is 12.0 Å². The Bertz CT molecular complexity index is 603. The molecule has 6 heteroatoms. The molecule has 6 nitrogen and oxygen atoms in total. The Morgan fingerprint density at radius 1 is 1.08 bits per heavy atom. The monoisotopic (exact) mass is 345 g/mol. The Hall–Kier alpha value is -2.08. The van der Waals surface area contributed by atoms with E-state index >= 15 is 0 Å². The first kappa shape index (κ1) is 17.7. The second-order valence-corrected chi connectivity index (χ2v) is 7.38. The van der Waals surface area contributed by atoms with Gasteiger partial charge in [-0.05, 0) is 37.8 Å². The molecule has 0 saturated carbocycles. The first-order valence-electron chi connectivity index (χ1n) is 9.07. The van der Waals surface area contributed by atoms with Crippen molar-refractivity contribution in [3.8, 4) is 0 Å². The Labute approximate surface area is 148 Å². The van der Waals surface area contributed by atoms with E-state index in [9.17, 15) is 9.59 Å². The van der Waals surface area contributed by atoms with Gasteiger partial charge in [-0.1, -0.05) is 30.3 Å². The van der Waals surface area contributed by atoms with E-state index in [-0.39, 0.29) is 18.0 Å². The van der Waals surface area contributed by atoms with Gasteiger partial charge in [0, 0.05) is 31.6 Å². The van der Waals surface area contributed by atoms with Crippen LogP contribution in [0.4, 0.5) is 4.79 Å². The number of rotatable bonds is 4. The van der Waals surface area contributed by atoms with E-state index in [2.05, 4.69) is 34.5 Å². The van der Waals surface area contributed by atoms with Crippen LogP contribution in [0.1, 0.15) is 31.2 Å². The molecule has 2 fully saturated rings. The van der Waals surface area contributed by atoms with Crippen molar-refractivity contribution in [2.24, 2.45) is 5.41 Å². The van der Waals surface area contributed by atoms with Crippen molar-refractivity contribution in [2.45, 2.75) is 32.2 Å². The fourth-order valence-corrected chi connectivity index (χ4v) is 4.26. The van der Waals surface area contributed by atoms with Crippen LogP contribution in [0.15, 0.2) is 30.3 Å². The predicted molar refractivity (Wildman–Crippen MR) is 95.2 cm³/mol. The van der Waals surface area contributed by atoms with E-state index < -0.39 is 5.97 Å². The molecule has 2 heterocycles. The fourth-order valence-electron chi connectivity index (χ4n) is 4.26. The van der Waals surface area contributed by atoms with Crippen LogP contribution < -0.4 is 5.32 Å². The van der Waals surface area contributed by atoms with E-state index in [0.717, 1.165) is 51.9 Å². The maximum absolute atomic E-state index is 12.2. The molecule has 1 spiro atoms. The van der Waals surface area contributed by atoms with Crippen molar-refractivity contribution in [1.82, 2.24) is 15.1 Å². The summed E-state index contributed by atoms with van der Waals surface area (Å²) in [7, 11) is 0. The Balaban J connectivity index is 1.60. The largest absolute Gasteiger partial charge is 0.480 e. The quantitative estimate of drug-likeness (QED) is 0.877. The van der Waals surface area contributed by atoms with Gasteiger partial charge in [0.05, 0.1) is 0 Å². The summed E-state index contributed by atoms with van der Waals surface area (Å²) in [5.41, 5.74) is 1.47. The molecule has 136 valence electrons. The van der Waals surface area contributed by atoms with Crippen LogP contribution in [0.5, 0.6) is 0 Å². The molecular weight excluding hydrogens is 318 g/mol. The number of carboxylic acids is 1. The third kappa shape index (κ3) is 4.72. The highest BCUT2D eigenvalue weighted by Gasteiger charge is 2.40. The number of nitrogens with zero attached hydrogens (tertiary/aromatic N) is 2. The van der Waals surface area contributed by atoms with Crippen LogP contribution in [-0.2, 0) is 11.3 Å². The number of carbonyl (C=O) groups is 2. The highest BCUT2D eigenvalue weighted by Crippen LogP contribution is 2.38. The molecule has 1 aromatic rings. The fraction of sp³-hybridized carbons (Fsp3) is 0.579. The van der Waals surface area contributed by atoms with E-state index in [1.807, 2.05) is 6.07 Å². The standard InChI is InChI=1S/C19H27N3O3/c23-17(24)12-20-18(25)22-11-5-9-19(15-22)8-4-10-21(14-19)13-16-6-2-1-3-7-16/h1-3,6-7H,4-5,8-15H2,(H,20,25)(H,23,24). The zero-order chi connectivity index (χ0) is 17.7. The summed E-state index contributed by atoms with van der Waals surface area (Å²) in [6.45, 7) is 4.18. The van der Waals surface area contributed by atoms with Gasteiger partial charge in [0.15, 0.2) is 0 Å². The number of carboxylic acid groups (broad SMARTS) is 1. The number of benzene rings is 1. The first-order valence-corrected chi connectivity index (χ1v) is 9.07. The van der Waals surface area contributed by atoms with Gasteiger partial charge < -0.3 is 15.3 Å². The number of hydrogen-bond acceptors (Lipinski definition) is 3. The van der Waals surface area contributed by atoms with Crippen LogP contribution in [0, 0.1) is 5.41 Å². The summed E-state index contributed by atoms with van der Waals surface area (Å²) >= 11 is 0.